The summed E-state index contributed by atoms with van der Waals surface area (Å²) in [4.78, 5) is 8.71. The quantitative estimate of drug-likeness (QED) is 0.531. The van der Waals surface area contributed by atoms with Crippen molar-refractivity contribution in [2.45, 2.75) is 32.4 Å². The number of aromatic nitrogens is 4. The zero-order valence-corrected chi connectivity index (χ0v) is 16.9. The van der Waals surface area contributed by atoms with Crippen molar-refractivity contribution in [3.05, 3.63) is 72.7 Å². The molecular formula is C23H25N5O. The van der Waals surface area contributed by atoms with Gasteiger partial charge < -0.3 is 10.4 Å². The Labute approximate surface area is 170 Å². The first-order valence-corrected chi connectivity index (χ1v) is 9.70. The van der Waals surface area contributed by atoms with E-state index >= 15 is 0 Å². The molecule has 0 aliphatic rings. The first-order chi connectivity index (χ1) is 13.9. The fraction of sp³-hybridized carbons (Fsp3) is 0.261. The Kier molecular flexibility index (Phi) is 5.03. The highest BCUT2D eigenvalue weighted by Gasteiger charge is 2.19. The van der Waals surface area contributed by atoms with Gasteiger partial charge in [0.05, 0.1) is 23.2 Å². The summed E-state index contributed by atoms with van der Waals surface area (Å²) in [5.41, 5.74) is 3.74. The van der Waals surface area contributed by atoms with E-state index in [0.717, 1.165) is 27.7 Å². The number of anilines is 1. The van der Waals surface area contributed by atoms with Crippen LogP contribution in [0.15, 0.2) is 67.1 Å². The van der Waals surface area contributed by atoms with E-state index in [2.05, 4.69) is 53.3 Å². The molecule has 29 heavy (non-hydrogen) atoms. The summed E-state index contributed by atoms with van der Waals surface area (Å²) in [5.74, 6) is 0.672. The molecule has 2 heterocycles. The van der Waals surface area contributed by atoms with Gasteiger partial charge in [0.15, 0.2) is 5.65 Å². The molecule has 2 aromatic heterocycles. The third-order valence-electron chi connectivity index (χ3n) is 4.87. The summed E-state index contributed by atoms with van der Waals surface area (Å²) in [6.07, 6.45) is 2.64. The summed E-state index contributed by atoms with van der Waals surface area (Å²) in [5, 5.41) is 19.2. The molecule has 6 heteroatoms. The van der Waals surface area contributed by atoms with E-state index in [1.54, 1.807) is 6.20 Å². The predicted molar refractivity (Wildman–Crippen MR) is 116 cm³/mol. The van der Waals surface area contributed by atoms with E-state index < -0.39 is 6.10 Å². The molecule has 4 rings (SSSR count). The summed E-state index contributed by atoms with van der Waals surface area (Å²) in [6.45, 7) is 6.59. The Morgan fingerprint density at radius 3 is 2.34 bits per heavy atom. The third kappa shape index (κ3) is 3.98. The van der Waals surface area contributed by atoms with Crippen molar-refractivity contribution in [1.82, 2.24) is 19.7 Å². The van der Waals surface area contributed by atoms with Crippen molar-refractivity contribution in [2.75, 3.05) is 11.9 Å². The second kappa shape index (κ2) is 7.64. The molecule has 0 bridgehead atoms. The molecule has 4 aromatic rings. The molecule has 0 saturated heterocycles. The Morgan fingerprint density at radius 2 is 1.66 bits per heavy atom. The molecule has 2 aromatic carbocycles. The molecule has 0 fully saturated rings. The number of nitrogens with one attached hydrogen (secondary N) is 1. The maximum absolute atomic E-state index is 10.6. The molecule has 148 valence electrons. The van der Waals surface area contributed by atoms with Gasteiger partial charge in [0.25, 0.3) is 0 Å². The summed E-state index contributed by atoms with van der Waals surface area (Å²) in [7, 11) is 0. The lowest BCUT2D eigenvalue weighted by molar-refractivity contribution is 0.191. The lowest BCUT2D eigenvalue weighted by Gasteiger charge is -2.19. The number of benzene rings is 2. The van der Waals surface area contributed by atoms with Crippen LogP contribution in [0.1, 0.15) is 32.4 Å². The lowest BCUT2D eigenvalue weighted by Crippen LogP contribution is -2.23. The molecule has 0 amide bonds. The molecule has 0 aliphatic heterocycles. The van der Waals surface area contributed by atoms with Gasteiger partial charge in [-0.05, 0) is 37.5 Å². The molecule has 0 spiro atoms. The third-order valence-corrected chi connectivity index (χ3v) is 4.87. The van der Waals surface area contributed by atoms with E-state index in [0.29, 0.717) is 12.4 Å². The maximum atomic E-state index is 10.6. The smallest absolute Gasteiger partial charge is 0.163 e. The number of hydrogen-bond donors (Lipinski definition) is 2. The molecule has 6 nitrogen and oxygen atoms in total. The van der Waals surface area contributed by atoms with E-state index in [9.17, 15) is 5.11 Å². The van der Waals surface area contributed by atoms with Gasteiger partial charge in [-0.2, -0.15) is 5.10 Å². The van der Waals surface area contributed by atoms with Gasteiger partial charge in [0, 0.05) is 6.54 Å². The van der Waals surface area contributed by atoms with Crippen LogP contribution in [0, 0.1) is 0 Å². The van der Waals surface area contributed by atoms with E-state index in [1.165, 1.54) is 6.33 Å². The highest BCUT2D eigenvalue weighted by atomic mass is 16.3. The van der Waals surface area contributed by atoms with Gasteiger partial charge in [-0.3, -0.25) is 0 Å². The van der Waals surface area contributed by atoms with Gasteiger partial charge in [0.1, 0.15) is 12.1 Å². The minimum Gasteiger partial charge on any atom is -0.387 e. The largest absolute Gasteiger partial charge is 0.387 e. The van der Waals surface area contributed by atoms with E-state index in [-0.39, 0.29) is 5.54 Å². The number of hydrogen-bond acceptors (Lipinski definition) is 5. The fourth-order valence-corrected chi connectivity index (χ4v) is 3.32. The average molecular weight is 387 g/mol. The van der Waals surface area contributed by atoms with Crippen LogP contribution in [-0.4, -0.2) is 31.4 Å². The molecule has 1 atom stereocenters. The Balaban J connectivity index is 1.49. The second-order valence-electron chi connectivity index (χ2n) is 8.07. The molecular weight excluding hydrogens is 362 g/mol. The first kappa shape index (κ1) is 19.1. The predicted octanol–water partition coefficient (Wildman–Crippen LogP) is 4.39. The molecule has 1 unspecified atom stereocenters. The first-order valence-electron chi connectivity index (χ1n) is 9.70. The van der Waals surface area contributed by atoms with Gasteiger partial charge in [-0.15, -0.1) is 0 Å². The number of aliphatic hydroxyl groups is 1. The van der Waals surface area contributed by atoms with Crippen LogP contribution in [0.5, 0.6) is 0 Å². The lowest BCUT2D eigenvalue weighted by atomic mass is 10.0. The van der Waals surface area contributed by atoms with Crippen molar-refractivity contribution in [3.8, 4) is 11.1 Å². The van der Waals surface area contributed by atoms with Crippen LogP contribution in [-0.2, 0) is 5.54 Å². The van der Waals surface area contributed by atoms with Crippen LogP contribution < -0.4 is 5.32 Å². The monoisotopic (exact) mass is 387 g/mol. The summed E-state index contributed by atoms with van der Waals surface area (Å²) in [6, 6.07) is 18.2. The molecule has 0 saturated carbocycles. The van der Waals surface area contributed by atoms with Crippen molar-refractivity contribution >= 4 is 16.9 Å². The normalized spacial score (nSPS) is 12.8. The number of nitrogens with zero attached hydrogens (tertiary/aromatic N) is 4. The summed E-state index contributed by atoms with van der Waals surface area (Å²) >= 11 is 0. The van der Waals surface area contributed by atoms with E-state index in [1.807, 2.05) is 47.1 Å². The van der Waals surface area contributed by atoms with Crippen LogP contribution >= 0.6 is 0 Å². The zero-order chi connectivity index (χ0) is 20.4. The van der Waals surface area contributed by atoms with Crippen LogP contribution in [0.25, 0.3) is 22.2 Å². The van der Waals surface area contributed by atoms with Crippen molar-refractivity contribution in [3.63, 3.8) is 0 Å². The van der Waals surface area contributed by atoms with Gasteiger partial charge >= 0.3 is 0 Å². The average Bonchev–Trinajstić information content (AvgIpc) is 3.18. The van der Waals surface area contributed by atoms with Crippen LogP contribution in [0.3, 0.4) is 0 Å². The number of fused-ring (bicyclic) bond motifs is 1. The van der Waals surface area contributed by atoms with Gasteiger partial charge in [-0.25, -0.2) is 14.6 Å². The molecule has 0 aliphatic carbocycles. The van der Waals surface area contributed by atoms with Crippen LogP contribution in [0.2, 0.25) is 0 Å². The Hall–Kier alpha value is -3.25. The van der Waals surface area contributed by atoms with Gasteiger partial charge in [0.2, 0.25) is 0 Å². The SMILES string of the molecule is CC(C)(C)n1ncc2c(NCC(O)c3ccc(-c4ccccc4)cc3)ncnc21. The number of aliphatic hydroxyl groups excluding tert-OH is 1. The molecule has 2 N–H and O–H groups in total. The Bertz CT molecular complexity index is 1100. The highest BCUT2D eigenvalue weighted by Crippen LogP contribution is 2.25. The molecule has 0 radical (unpaired) electrons. The minimum absolute atomic E-state index is 0.173. The number of rotatable bonds is 5. The van der Waals surface area contributed by atoms with Gasteiger partial charge in [-0.1, -0.05) is 54.6 Å². The topological polar surface area (TPSA) is 75.9 Å². The summed E-state index contributed by atoms with van der Waals surface area (Å²) < 4.78 is 1.88. The van der Waals surface area contributed by atoms with Crippen LogP contribution in [0.4, 0.5) is 5.82 Å². The standard InChI is InChI=1S/C23H25N5O/c1-23(2,3)28-22-19(13-27-28)21(25-15-26-22)24-14-20(29)18-11-9-17(10-12-18)16-7-5-4-6-8-16/h4-13,15,20,29H,14H2,1-3H3,(H,24,25,26). The minimum atomic E-state index is -0.650. The van der Waals surface area contributed by atoms with Crippen molar-refractivity contribution in [1.29, 1.82) is 0 Å². The second-order valence-corrected chi connectivity index (χ2v) is 8.07. The Morgan fingerprint density at radius 1 is 0.966 bits per heavy atom. The van der Waals surface area contributed by atoms with E-state index in [4.69, 9.17) is 0 Å². The zero-order valence-electron chi connectivity index (χ0n) is 16.9. The van der Waals surface area contributed by atoms with Crippen molar-refractivity contribution in [2.24, 2.45) is 0 Å². The fourth-order valence-electron chi connectivity index (χ4n) is 3.32. The highest BCUT2D eigenvalue weighted by molar-refractivity contribution is 5.86. The van der Waals surface area contributed by atoms with Crippen molar-refractivity contribution < 1.29 is 5.11 Å². The maximum Gasteiger partial charge on any atom is 0.163 e.